The van der Waals surface area contributed by atoms with Gasteiger partial charge in [0.1, 0.15) is 12.4 Å². The van der Waals surface area contributed by atoms with Crippen molar-refractivity contribution in [2.75, 3.05) is 11.9 Å². The van der Waals surface area contributed by atoms with Gasteiger partial charge < -0.3 is 10.1 Å². The van der Waals surface area contributed by atoms with Crippen molar-refractivity contribution in [3.8, 4) is 5.75 Å². The SMILES string of the molecule is C=CCOc1ccc(C(=O)Nc2ccc(CS(N)(=O)=O)cc2)cc1. The molecule has 126 valence electrons. The normalized spacial score (nSPS) is 10.9. The number of carbonyl (C=O) groups excluding carboxylic acids is 1. The van der Waals surface area contributed by atoms with Gasteiger partial charge in [-0.2, -0.15) is 0 Å². The fraction of sp³-hybridized carbons (Fsp3) is 0.118. The van der Waals surface area contributed by atoms with E-state index in [1.54, 1.807) is 54.6 Å². The van der Waals surface area contributed by atoms with Crippen molar-refractivity contribution in [3.05, 3.63) is 72.3 Å². The zero-order valence-electron chi connectivity index (χ0n) is 12.9. The molecule has 2 aromatic rings. The Bertz CT molecular complexity index is 813. The molecule has 1 amide bonds. The van der Waals surface area contributed by atoms with Gasteiger partial charge in [-0.05, 0) is 42.0 Å². The van der Waals surface area contributed by atoms with E-state index in [4.69, 9.17) is 9.88 Å². The Kier molecular flexibility index (Phi) is 5.73. The lowest BCUT2D eigenvalue weighted by Crippen LogP contribution is -2.15. The van der Waals surface area contributed by atoms with Gasteiger partial charge in [-0.3, -0.25) is 4.79 Å². The minimum atomic E-state index is -3.57. The van der Waals surface area contributed by atoms with Crippen molar-refractivity contribution in [1.29, 1.82) is 0 Å². The summed E-state index contributed by atoms with van der Waals surface area (Å²) in [6.45, 7) is 3.96. The van der Waals surface area contributed by atoms with Gasteiger partial charge in [-0.25, -0.2) is 13.6 Å². The largest absolute Gasteiger partial charge is 0.490 e. The molecule has 0 spiro atoms. The predicted octanol–water partition coefficient (Wildman–Crippen LogP) is 2.29. The van der Waals surface area contributed by atoms with E-state index in [1.165, 1.54) is 0 Å². The van der Waals surface area contributed by atoms with Crippen LogP contribution in [0, 0.1) is 0 Å². The molecule has 24 heavy (non-hydrogen) atoms. The summed E-state index contributed by atoms with van der Waals surface area (Å²) in [6, 6.07) is 13.2. The number of sulfonamides is 1. The van der Waals surface area contributed by atoms with Gasteiger partial charge in [0.2, 0.25) is 10.0 Å². The molecule has 0 aliphatic carbocycles. The molecule has 0 aromatic heterocycles. The molecule has 0 saturated carbocycles. The molecule has 2 aromatic carbocycles. The molecule has 0 fully saturated rings. The topological polar surface area (TPSA) is 98.5 Å². The van der Waals surface area contributed by atoms with Crippen LogP contribution in [-0.2, 0) is 15.8 Å². The van der Waals surface area contributed by atoms with E-state index in [-0.39, 0.29) is 11.7 Å². The van der Waals surface area contributed by atoms with Crippen molar-refractivity contribution in [2.24, 2.45) is 5.14 Å². The molecule has 3 N–H and O–H groups in total. The maximum Gasteiger partial charge on any atom is 0.255 e. The Labute approximate surface area is 141 Å². The molecule has 0 saturated heterocycles. The third kappa shape index (κ3) is 5.53. The summed E-state index contributed by atoms with van der Waals surface area (Å²) in [5.74, 6) is 0.135. The number of anilines is 1. The van der Waals surface area contributed by atoms with Gasteiger partial charge in [-0.1, -0.05) is 24.8 Å². The minimum Gasteiger partial charge on any atom is -0.490 e. The number of ether oxygens (including phenoxy) is 1. The average molecular weight is 346 g/mol. The molecule has 0 aliphatic heterocycles. The number of nitrogens with one attached hydrogen (secondary N) is 1. The van der Waals surface area contributed by atoms with Crippen LogP contribution in [0.25, 0.3) is 0 Å². The molecule has 0 bridgehead atoms. The quantitative estimate of drug-likeness (QED) is 0.752. The van der Waals surface area contributed by atoms with Gasteiger partial charge in [0.25, 0.3) is 5.91 Å². The zero-order chi connectivity index (χ0) is 17.6. The smallest absolute Gasteiger partial charge is 0.255 e. The number of amides is 1. The number of benzene rings is 2. The van der Waals surface area contributed by atoms with E-state index in [1.807, 2.05) is 0 Å². The highest BCUT2D eigenvalue weighted by Crippen LogP contribution is 2.15. The first kappa shape index (κ1) is 17.7. The molecule has 0 radical (unpaired) electrons. The molecule has 2 rings (SSSR count). The van der Waals surface area contributed by atoms with Crippen LogP contribution in [0.3, 0.4) is 0 Å². The fourth-order valence-electron chi connectivity index (χ4n) is 1.98. The monoisotopic (exact) mass is 346 g/mol. The Morgan fingerprint density at radius 3 is 2.29 bits per heavy atom. The molecule has 0 unspecified atom stereocenters. The van der Waals surface area contributed by atoms with Crippen LogP contribution in [0.2, 0.25) is 0 Å². The number of nitrogens with two attached hydrogens (primary N) is 1. The van der Waals surface area contributed by atoms with E-state index in [0.29, 0.717) is 29.2 Å². The predicted molar refractivity (Wildman–Crippen MR) is 93.3 cm³/mol. The van der Waals surface area contributed by atoms with Gasteiger partial charge in [0.05, 0.1) is 5.75 Å². The van der Waals surface area contributed by atoms with E-state index in [9.17, 15) is 13.2 Å². The summed E-state index contributed by atoms with van der Waals surface area (Å²) in [7, 11) is -3.57. The van der Waals surface area contributed by atoms with E-state index >= 15 is 0 Å². The number of hydrogen-bond donors (Lipinski definition) is 2. The van der Waals surface area contributed by atoms with Gasteiger partial charge in [-0.15, -0.1) is 0 Å². The number of primary sulfonamides is 1. The second-order valence-electron chi connectivity index (χ2n) is 5.08. The van der Waals surface area contributed by atoms with Gasteiger partial charge in [0.15, 0.2) is 0 Å². The van der Waals surface area contributed by atoms with Crippen LogP contribution in [0.5, 0.6) is 5.75 Å². The van der Waals surface area contributed by atoms with E-state index in [0.717, 1.165) is 0 Å². The summed E-state index contributed by atoms with van der Waals surface area (Å²) in [5.41, 5.74) is 1.60. The third-order valence-electron chi connectivity index (χ3n) is 3.06. The summed E-state index contributed by atoms with van der Waals surface area (Å²) >= 11 is 0. The van der Waals surface area contributed by atoms with Crippen LogP contribution in [-0.4, -0.2) is 20.9 Å². The van der Waals surface area contributed by atoms with Crippen LogP contribution >= 0.6 is 0 Å². The van der Waals surface area contributed by atoms with Crippen molar-refractivity contribution in [2.45, 2.75) is 5.75 Å². The van der Waals surface area contributed by atoms with E-state index in [2.05, 4.69) is 11.9 Å². The van der Waals surface area contributed by atoms with Crippen molar-refractivity contribution >= 4 is 21.6 Å². The van der Waals surface area contributed by atoms with Crippen molar-refractivity contribution in [1.82, 2.24) is 0 Å². The second kappa shape index (κ2) is 7.76. The lowest BCUT2D eigenvalue weighted by atomic mass is 10.2. The number of rotatable bonds is 7. The highest BCUT2D eigenvalue weighted by molar-refractivity contribution is 7.88. The molecule has 0 atom stereocenters. The molecular weight excluding hydrogens is 328 g/mol. The third-order valence-corrected chi connectivity index (χ3v) is 3.80. The maximum absolute atomic E-state index is 12.2. The Morgan fingerprint density at radius 2 is 1.75 bits per heavy atom. The Morgan fingerprint density at radius 1 is 1.12 bits per heavy atom. The molecule has 7 heteroatoms. The maximum atomic E-state index is 12.2. The van der Waals surface area contributed by atoms with Crippen LogP contribution in [0.4, 0.5) is 5.69 Å². The zero-order valence-corrected chi connectivity index (χ0v) is 13.8. The number of carbonyl (C=O) groups is 1. The van der Waals surface area contributed by atoms with Gasteiger partial charge >= 0.3 is 0 Å². The molecule has 6 nitrogen and oxygen atoms in total. The highest BCUT2D eigenvalue weighted by Gasteiger charge is 2.08. The standard InChI is InChI=1S/C17H18N2O4S/c1-2-11-23-16-9-5-14(6-10-16)17(20)19-15-7-3-13(4-8-15)12-24(18,21)22/h2-10H,1,11-12H2,(H,19,20)(H2,18,21,22). The Hall–Kier alpha value is -2.64. The molecule has 0 heterocycles. The highest BCUT2D eigenvalue weighted by atomic mass is 32.2. The first-order valence-corrected chi connectivity index (χ1v) is 8.83. The van der Waals surface area contributed by atoms with Crippen LogP contribution < -0.4 is 15.2 Å². The number of hydrogen-bond acceptors (Lipinski definition) is 4. The van der Waals surface area contributed by atoms with Crippen LogP contribution in [0.1, 0.15) is 15.9 Å². The lowest BCUT2D eigenvalue weighted by Gasteiger charge is -2.08. The van der Waals surface area contributed by atoms with Crippen molar-refractivity contribution < 1.29 is 17.9 Å². The second-order valence-corrected chi connectivity index (χ2v) is 6.70. The van der Waals surface area contributed by atoms with Crippen LogP contribution in [0.15, 0.2) is 61.2 Å². The summed E-state index contributed by atoms with van der Waals surface area (Å²) in [5, 5.41) is 7.73. The first-order valence-electron chi connectivity index (χ1n) is 7.12. The molecular formula is C17H18N2O4S. The molecule has 0 aliphatic rings. The minimum absolute atomic E-state index is 0.243. The lowest BCUT2D eigenvalue weighted by molar-refractivity contribution is 0.102. The summed E-state index contributed by atoms with van der Waals surface area (Å²) in [4.78, 5) is 12.2. The first-order chi connectivity index (χ1) is 11.4. The summed E-state index contributed by atoms with van der Waals surface area (Å²) < 4.78 is 27.4. The van der Waals surface area contributed by atoms with Crippen molar-refractivity contribution in [3.63, 3.8) is 0 Å². The van der Waals surface area contributed by atoms with E-state index < -0.39 is 10.0 Å². The van der Waals surface area contributed by atoms with Gasteiger partial charge in [0, 0.05) is 11.3 Å². The fourth-order valence-corrected chi connectivity index (χ4v) is 2.63. The average Bonchev–Trinajstić information content (AvgIpc) is 2.54. The Balaban J connectivity index is 2.00. The summed E-state index contributed by atoms with van der Waals surface area (Å²) in [6.07, 6.45) is 1.64.